The Morgan fingerprint density at radius 3 is 2.36 bits per heavy atom. The van der Waals surface area contributed by atoms with Gasteiger partial charge in [-0.1, -0.05) is 26.0 Å². The van der Waals surface area contributed by atoms with Crippen LogP contribution in [0.3, 0.4) is 0 Å². The summed E-state index contributed by atoms with van der Waals surface area (Å²) in [7, 11) is 1.81. The number of nitrogens with one attached hydrogen (secondary N) is 2. The van der Waals surface area contributed by atoms with Crippen LogP contribution in [0, 0.1) is 19.8 Å². The Kier molecular flexibility index (Phi) is 13.9. The molecule has 1 rings (SSSR count). The Morgan fingerprint density at radius 1 is 1.25 bits per heavy atom. The molecule has 0 aliphatic heterocycles. The van der Waals surface area contributed by atoms with Gasteiger partial charge in [0.2, 0.25) is 0 Å². The molecule has 28 heavy (non-hydrogen) atoms. The topological polar surface area (TPSA) is 57.5 Å². The maximum atomic E-state index is 4.50. The number of aromatic nitrogens is 2. The first-order chi connectivity index (χ1) is 12.9. The van der Waals surface area contributed by atoms with Crippen LogP contribution in [0.25, 0.3) is 0 Å². The summed E-state index contributed by atoms with van der Waals surface area (Å²) in [5.41, 5.74) is 2.28. The number of halogens is 1. The molecule has 0 aliphatic rings. The third-order valence-corrected chi connectivity index (χ3v) is 4.61. The molecule has 1 heterocycles. The van der Waals surface area contributed by atoms with Crippen LogP contribution in [0.15, 0.2) is 36.4 Å². The summed E-state index contributed by atoms with van der Waals surface area (Å²) in [6, 6.07) is 2.49. The zero-order valence-corrected chi connectivity index (χ0v) is 20.6. The van der Waals surface area contributed by atoms with Crippen molar-refractivity contribution in [2.45, 2.75) is 46.7 Å². The SMILES string of the molecule is C=CCN(CC=C)C(CNC(=NC)NCCCn1nc(C)cc1C)C(C)C.I. The minimum Gasteiger partial charge on any atom is -0.356 e. The molecule has 1 aromatic rings. The Labute approximate surface area is 188 Å². The quantitative estimate of drug-likeness (QED) is 0.151. The minimum atomic E-state index is 0. The van der Waals surface area contributed by atoms with E-state index >= 15 is 0 Å². The standard InChI is InChI=1S/C21H38N6.HI/c1-8-12-26(13-9-2)20(17(3)4)16-24-21(22-7)23-11-10-14-27-19(6)15-18(5)25-27;/h8-9,15,17,20H,1-2,10-14,16H2,3-7H3,(H2,22,23,24);1H. The molecular weight excluding hydrogens is 463 g/mol. The Bertz CT molecular complexity index is 598. The molecule has 1 aromatic heterocycles. The van der Waals surface area contributed by atoms with Gasteiger partial charge in [0, 0.05) is 51.5 Å². The zero-order chi connectivity index (χ0) is 20.2. The van der Waals surface area contributed by atoms with Crippen molar-refractivity contribution >= 4 is 29.9 Å². The molecule has 0 amide bonds. The second-order valence-electron chi connectivity index (χ2n) is 7.23. The molecular formula is C21H39IN6. The summed E-state index contributed by atoms with van der Waals surface area (Å²) in [6.07, 6.45) is 4.89. The van der Waals surface area contributed by atoms with E-state index in [4.69, 9.17) is 0 Å². The average Bonchev–Trinajstić information content (AvgIpc) is 2.94. The molecule has 0 fully saturated rings. The van der Waals surface area contributed by atoms with Crippen molar-refractivity contribution in [2.24, 2.45) is 10.9 Å². The number of aliphatic imine (C=N–C) groups is 1. The third kappa shape index (κ3) is 9.23. The van der Waals surface area contributed by atoms with E-state index in [1.54, 1.807) is 0 Å². The molecule has 0 spiro atoms. The number of guanidine groups is 1. The van der Waals surface area contributed by atoms with Gasteiger partial charge in [-0.2, -0.15) is 5.10 Å². The fourth-order valence-electron chi connectivity index (χ4n) is 3.22. The Morgan fingerprint density at radius 2 is 1.89 bits per heavy atom. The van der Waals surface area contributed by atoms with Crippen molar-refractivity contribution in [1.82, 2.24) is 25.3 Å². The smallest absolute Gasteiger partial charge is 0.191 e. The van der Waals surface area contributed by atoms with E-state index in [1.165, 1.54) is 5.69 Å². The largest absolute Gasteiger partial charge is 0.356 e. The summed E-state index contributed by atoms with van der Waals surface area (Å²) in [5, 5.41) is 11.4. The molecule has 0 aromatic carbocycles. The highest BCUT2D eigenvalue weighted by molar-refractivity contribution is 14.0. The first-order valence-corrected chi connectivity index (χ1v) is 9.84. The number of nitrogens with zero attached hydrogens (tertiary/aromatic N) is 4. The molecule has 1 atom stereocenters. The van der Waals surface area contributed by atoms with Gasteiger partial charge >= 0.3 is 0 Å². The Balaban J connectivity index is 0.00000729. The third-order valence-electron chi connectivity index (χ3n) is 4.61. The maximum Gasteiger partial charge on any atom is 0.191 e. The van der Waals surface area contributed by atoms with E-state index in [-0.39, 0.29) is 24.0 Å². The van der Waals surface area contributed by atoms with Crippen LogP contribution in [-0.2, 0) is 6.54 Å². The van der Waals surface area contributed by atoms with E-state index < -0.39 is 0 Å². The Hall–Kier alpha value is -1.35. The van der Waals surface area contributed by atoms with Crippen molar-refractivity contribution in [3.63, 3.8) is 0 Å². The summed E-state index contributed by atoms with van der Waals surface area (Å²) >= 11 is 0. The van der Waals surface area contributed by atoms with Crippen LogP contribution in [0.5, 0.6) is 0 Å². The van der Waals surface area contributed by atoms with Gasteiger partial charge in [-0.3, -0.25) is 14.6 Å². The second kappa shape index (κ2) is 14.6. The fourth-order valence-corrected chi connectivity index (χ4v) is 3.22. The monoisotopic (exact) mass is 502 g/mol. The van der Waals surface area contributed by atoms with Crippen molar-refractivity contribution in [3.8, 4) is 0 Å². The minimum absolute atomic E-state index is 0. The van der Waals surface area contributed by atoms with E-state index in [0.29, 0.717) is 12.0 Å². The lowest BCUT2D eigenvalue weighted by Gasteiger charge is -2.33. The maximum absolute atomic E-state index is 4.50. The van der Waals surface area contributed by atoms with Gasteiger partial charge in [0.15, 0.2) is 5.96 Å². The van der Waals surface area contributed by atoms with E-state index in [2.05, 4.69) is 70.3 Å². The lowest BCUT2D eigenvalue weighted by molar-refractivity contribution is 0.190. The van der Waals surface area contributed by atoms with Gasteiger partial charge in [-0.25, -0.2) is 0 Å². The van der Waals surface area contributed by atoms with Crippen molar-refractivity contribution in [3.05, 3.63) is 42.8 Å². The zero-order valence-electron chi connectivity index (χ0n) is 18.2. The van der Waals surface area contributed by atoms with Gasteiger partial charge in [-0.05, 0) is 32.3 Å². The lowest BCUT2D eigenvalue weighted by Crippen LogP contribution is -2.49. The van der Waals surface area contributed by atoms with Gasteiger partial charge in [0.25, 0.3) is 0 Å². The van der Waals surface area contributed by atoms with Gasteiger partial charge < -0.3 is 10.6 Å². The normalized spacial score (nSPS) is 12.6. The van der Waals surface area contributed by atoms with Crippen LogP contribution < -0.4 is 10.6 Å². The number of hydrogen-bond donors (Lipinski definition) is 2. The first-order valence-electron chi connectivity index (χ1n) is 9.84. The predicted octanol–water partition coefficient (Wildman–Crippen LogP) is 3.37. The molecule has 0 bridgehead atoms. The molecule has 0 radical (unpaired) electrons. The highest BCUT2D eigenvalue weighted by Gasteiger charge is 2.20. The predicted molar refractivity (Wildman–Crippen MR) is 132 cm³/mol. The summed E-state index contributed by atoms with van der Waals surface area (Å²) in [4.78, 5) is 6.73. The van der Waals surface area contributed by atoms with Gasteiger partial charge in [-0.15, -0.1) is 37.1 Å². The van der Waals surface area contributed by atoms with Gasteiger partial charge in [0.05, 0.1) is 5.69 Å². The first kappa shape index (κ1) is 26.6. The highest BCUT2D eigenvalue weighted by Crippen LogP contribution is 2.10. The molecule has 0 aliphatic carbocycles. The van der Waals surface area contributed by atoms with E-state index in [0.717, 1.165) is 50.8 Å². The highest BCUT2D eigenvalue weighted by atomic mass is 127. The molecule has 6 nitrogen and oxygen atoms in total. The average molecular weight is 502 g/mol. The fraction of sp³-hybridized carbons (Fsp3) is 0.619. The molecule has 0 saturated heterocycles. The number of hydrogen-bond acceptors (Lipinski definition) is 3. The summed E-state index contributed by atoms with van der Waals surface area (Å²) in [6.45, 7) is 20.7. The van der Waals surface area contributed by atoms with Crippen LogP contribution in [0.2, 0.25) is 0 Å². The van der Waals surface area contributed by atoms with Crippen molar-refractivity contribution < 1.29 is 0 Å². The van der Waals surface area contributed by atoms with E-state index in [1.807, 2.05) is 26.1 Å². The van der Waals surface area contributed by atoms with Crippen LogP contribution >= 0.6 is 24.0 Å². The summed E-state index contributed by atoms with van der Waals surface area (Å²) in [5.74, 6) is 1.35. The molecule has 160 valence electrons. The van der Waals surface area contributed by atoms with Crippen molar-refractivity contribution in [1.29, 1.82) is 0 Å². The van der Waals surface area contributed by atoms with Crippen LogP contribution in [-0.4, -0.2) is 59.9 Å². The van der Waals surface area contributed by atoms with Crippen molar-refractivity contribution in [2.75, 3.05) is 33.2 Å². The van der Waals surface area contributed by atoms with Crippen LogP contribution in [0.4, 0.5) is 0 Å². The molecule has 1 unspecified atom stereocenters. The van der Waals surface area contributed by atoms with Crippen LogP contribution in [0.1, 0.15) is 31.7 Å². The van der Waals surface area contributed by atoms with E-state index in [9.17, 15) is 0 Å². The molecule has 2 N–H and O–H groups in total. The lowest BCUT2D eigenvalue weighted by atomic mass is 10.0. The summed E-state index contributed by atoms with van der Waals surface area (Å²) < 4.78 is 2.06. The molecule has 0 saturated carbocycles. The number of rotatable bonds is 12. The second-order valence-corrected chi connectivity index (χ2v) is 7.23. The number of aryl methyl sites for hydroxylation is 3. The van der Waals surface area contributed by atoms with Gasteiger partial charge in [0.1, 0.15) is 0 Å². The molecule has 7 heteroatoms.